The van der Waals surface area contributed by atoms with Crippen LogP contribution in [-0.4, -0.2) is 36.9 Å². The van der Waals surface area contributed by atoms with Gasteiger partial charge >= 0.3 is 6.03 Å². The van der Waals surface area contributed by atoms with Crippen LogP contribution in [0.15, 0.2) is 24.3 Å². The zero-order valence-electron chi connectivity index (χ0n) is 10.9. The van der Waals surface area contributed by atoms with Gasteiger partial charge in [-0.05, 0) is 18.6 Å². The van der Waals surface area contributed by atoms with Crippen LogP contribution in [-0.2, 0) is 4.74 Å². The van der Waals surface area contributed by atoms with Crippen molar-refractivity contribution in [2.45, 2.75) is 12.5 Å². The summed E-state index contributed by atoms with van der Waals surface area (Å²) >= 11 is 4.76. The van der Waals surface area contributed by atoms with Gasteiger partial charge < -0.3 is 25.8 Å². The van der Waals surface area contributed by atoms with Gasteiger partial charge in [-0.25, -0.2) is 4.79 Å². The minimum atomic E-state index is -0.285. The number of carbonyl (C=O) groups excluding carboxylic acids is 1. The highest BCUT2D eigenvalue weighted by Gasteiger charge is 2.18. The molecule has 1 heterocycles. The zero-order valence-corrected chi connectivity index (χ0v) is 11.7. The fourth-order valence-electron chi connectivity index (χ4n) is 1.84. The highest BCUT2D eigenvalue weighted by molar-refractivity contribution is 7.80. The van der Waals surface area contributed by atoms with Crippen molar-refractivity contribution in [2.75, 3.05) is 25.1 Å². The Balaban J connectivity index is 1.93. The van der Waals surface area contributed by atoms with Crippen LogP contribution in [0.1, 0.15) is 6.42 Å². The Morgan fingerprint density at radius 2 is 2.30 bits per heavy atom. The molecular formula is C13H17N3O3S. The molecule has 108 valence electrons. The van der Waals surface area contributed by atoms with E-state index in [0.29, 0.717) is 24.7 Å². The summed E-state index contributed by atoms with van der Waals surface area (Å²) in [6, 6.07) is 6.88. The van der Waals surface area contributed by atoms with Gasteiger partial charge in [0.15, 0.2) is 0 Å². The minimum absolute atomic E-state index is 0.0553. The number of carbonyl (C=O) groups is 1. The molecule has 0 saturated carbocycles. The lowest BCUT2D eigenvalue weighted by molar-refractivity contribution is 0.189. The minimum Gasteiger partial charge on any atom is -0.484 e. The Bertz CT molecular complexity index is 490. The van der Waals surface area contributed by atoms with Crippen LogP contribution in [0.4, 0.5) is 10.5 Å². The Kier molecular flexibility index (Phi) is 5.14. The third-order valence-corrected chi connectivity index (χ3v) is 2.89. The molecule has 0 spiro atoms. The van der Waals surface area contributed by atoms with Crippen molar-refractivity contribution < 1.29 is 14.3 Å². The highest BCUT2D eigenvalue weighted by atomic mass is 32.1. The van der Waals surface area contributed by atoms with Gasteiger partial charge in [0.1, 0.15) is 17.3 Å². The molecule has 6 nitrogen and oxygen atoms in total. The maximum absolute atomic E-state index is 11.9. The number of nitrogens with two attached hydrogens (primary N) is 1. The third-order valence-electron chi connectivity index (χ3n) is 2.77. The van der Waals surface area contributed by atoms with Crippen molar-refractivity contribution in [3.8, 4) is 5.75 Å². The molecule has 0 aromatic heterocycles. The SMILES string of the molecule is NC(=S)COc1ccccc1NC(=O)NC1CCOC1. The Labute approximate surface area is 122 Å². The van der Waals surface area contributed by atoms with Crippen LogP contribution in [0.3, 0.4) is 0 Å². The number of urea groups is 1. The highest BCUT2D eigenvalue weighted by Crippen LogP contribution is 2.23. The lowest BCUT2D eigenvalue weighted by Crippen LogP contribution is -2.38. The van der Waals surface area contributed by atoms with E-state index in [1.54, 1.807) is 12.1 Å². The number of nitrogens with one attached hydrogen (secondary N) is 2. The normalized spacial score (nSPS) is 17.5. The van der Waals surface area contributed by atoms with Gasteiger partial charge in [-0.2, -0.15) is 0 Å². The van der Waals surface area contributed by atoms with E-state index in [1.165, 1.54) is 0 Å². The van der Waals surface area contributed by atoms with Crippen molar-refractivity contribution in [3.05, 3.63) is 24.3 Å². The molecule has 1 aromatic carbocycles. The second kappa shape index (κ2) is 7.06. The molecule has 0 bridgehead atoms. The fourth-order valence-corrected chi connectivity index (χ4v) is 1.90. The van der Waals surface area contributed by atoms with Crippen molar-refractivity contribution in [1.29, 1.82) is 0 Å². The van der Waals surface area contributed by atoms with Crippen molar-refractivity contribution in [3.63, 3.8) is 0 Å². The standard InChI is InChI=1S/C13H17N3O3S/c14-12(20)8-19-11-4-2-1-3-10(11)16-13(17)15-9-5-6-18-7-9/h1-4,9H,5-8H2,(H2,14,20)(H2,15,16,17). The van der Waals surface area contributed by atoms with E-state index in [1.807, 2.05) is 12.1 Å². The maximum Gasteiger partial charge on any atom is 0.319 e. The van der Waals surface area contributed by atoms with E-state index in [2.05, 4.69) is 10.6 Å². The second-order valence-electron chi connectivity index (χ2n) is 4.41. The predicted octanol–water partition coefficient (Wildman–Crippen LogP) is 1.26. The van der Waals surface area contributed by atoms with Crippen LogP contribution < -0.4 is 21.1 Å². The average molecular weight is 295 g/mol. The quantitative estimate of drug-likeness (QED) is 0.712. The summed E-state index contributed by atoms with van der Waals surface area (Å²) in [5, 5.41) is 5.58. The molecule has 1 saturated heterocycles. The summed E-state index contributed by atoms with van der Waals surface area (Å²) in [6.07, 6.45) is 0.826. The topological polar surface area (TPSA) is 85.6 Å². The van der Waals surface area contributed by atoms with Crippen molar-refractivity contribution in [2.24, 2.45) is 5.73 Å². The number of hydrogen-bond donors (Lipinski definition) is 3. The van der Waals surface area contributed by atoms with Crippen molar-refractivity contribution in [1.82, 2.24) is 5.32 Å². The first-order chi connectivity index (χ1) is 9.65. The van der Waals surface area contributed by atoms with Gasteiger partial charge in [0.25, 0.3) is 0 Å². The molecule has 20 heavy (non-hydrogen) atoms. The summed E-state index contributed by atoms with van der Waals surface area (Å²) in [4.78, 5) is 12.1. The first-order valence-electron chi connectivity index (χ1n) is 6.30. The number of rotatable bonds is 5. The van der Waals surface area contributed by atoms with E-state index in [4.69, 9.17) is 27.4 Å². The molecule has 4 N–H and O–H groups in total. The number of para-hydroxylation sites is 2. The van der Waals surface area contributed by atoms with Crippen LogP contribution in [0, 0.1) is 0 Å². The summed E-state index contributed by atoms with van der Waals surface area (Å²) in [5.74, 6) is 0.526. The number of anilines is 1. The second-order valence-corrected chi connectivity index (χ2v) is 4.93. The third kappa shape index (κ3) is 4.36. The first-order valence-corrected chi connectivity index (χ1v) is 6.71. The van der Waals surface area contributed by atoms with Gasteiger partial charge in [0.2, 0.25) is 0 Å². The Morgan fingerprint density at radius 3 is 3.00 bits per heavy atom. The largest absolute Gasteiger partial charge is 0.484 e. The molecule has 1 aliphatic heterocycles. The molecule has 1 aliphatic rings. The molecule has 1 aromatic rings. The van der Waals surface area contributed by atoms with E-state index in [-0.39, 0.29) is 23.7 Å². The molecule has 0 radical (unpaired) electrons. The van der Waals surface area contributed by atoms with E-state index >= 15 is 0 Å². The van der Waals surface area contributed by atoms with Crippen LogP contribution in [0.2, 0.25) is 0 Å². The monoisotopic (exact) mass is 295 g/mol. The smallest absolute Gasteiger partial charge is 0.319 e. The molecule has 7 heteroatoms. The molecule has 1 atom stereocenters. The number of thiocarbonyl (C=S) groups is 1. The van der Waals surface area contributed by atoms with E-state index in [0.717, 1.165) is 6.42 Å². The van der Waals surface area contributed by atoms with E-state index < -0.39 is 0 Å². The maximum atomic E-state index is 11.9. The zero-order chi connectivity index (χ0) is 14.4. The lowest BCUT2D eigenvalue weighted by Gasteiger charge is -2.14. The van der Waals surface area contributed by atoms with Gasteiger partial charge in [-0.1, -0.05) is 24.4 Å². The van der Waals surface area contributed by atoms with Crippen LogP contribution in [0.25, 0.3) is 0 Å². The summed E-state index contributed by atoms with van der Waals surface area (Å²) in [6.45, 7) is 1.36. The fraction of sp³-hybridized carbons (Fsp3) is 0.385. The summed E-state index contributed by atoms with van der Waals surface area (Å²) < 4.78 is 10.6. The van der Waals surface area contributed by atoms with Gasteiger partial charge in [0, 0.05) is 6.61 Å². The van der Waals surface area contributed by atoms with Crippen molar-refractivity contribution >= 4 is 28.9 Å². The Hall–Kier alpha value is -1.86. The van der Waals surface area contributed by atoms with E-state index in [9.17, 15) is 4.79 Å². The first kappa shape index (κ1) is 14.5. The van der Waals surface area contributed by atoms with Gasteiger partial charge in [0.05, 0.1) is 18.3 Å². The summed E-state index contributed by atoms with van der Waals surface area (Å²) in [7, 11) is 0. The molecule has 2 rings (SSSR count). The van der Waals surface area contributed by atoms with Crippen LogP contribution in [0.5, 0.6) is 5.75 Å². The molecule has 0 aliphatic carbocycles. The average Bonchev–Trinajstić information content (AvgIpc) is 2.90. The Morgan fingerprint density at radius 1 is 1.50 bits per heavy atom. The number of amides is 2. The predicted molar refractivity (Wildman–Crippen MR) is 80.1 cm³/mol. The molecule has 2 amide bonds. The van der Waals surface area contributed by atoms with Gasteiger partial charge in [-0.15, -0.1) is 0 Å². The van der Waals surface area contributed by atoms with Crippen LogP contribution >= 0.6 is 12.2 Å². The molecule has 1 unspecified atom stereocenters. The molecule has 1 fully saturated rings. The number of hydrogen-bond acceptors (Lipinski definition) is 4. The number of benzene rings is 1. The van der Waals surface area contributed by atoms with Gasteiger partial charge in [-0.3, -0.25) is 0 Å². The lowest BCUT2D eigenvalue weighted by atomic mass is 10.2. The number of ether oxygens (including phenoxy) is 2. The molecular weight excluding hydrogens is 278 g/mol. The summed E-state index contributed by atoms with van der Waals surface area (Å²) in [5.41, 5.74) is 5.96.